The first-order valence-corrected chi connectivity index (χ1v) is 10.4. The number of hydrogen-bond acceptors (Lipinski definition) is 6. The van der Waals surface area contributed by atoms with Crippen molar-refractivity contribution in [1.29, 1.82) is 0 Å². The Morgan fingerprint density at radius 3 is 2.66 bits per heavy atom. The predicted molar refractivity (Wildman–Crippen MR) is 105 cm³/mol. The predicted octanol–water partition coefficient (Wildman–Crippen LogP) is 1.81. The van der Waals surface area contributed by atoms with E-state index in [0.29, 0.717) is 37.8 Å². The first kappa shape index (κ1) is 20.1. The summed E-state index contributed by atoms with van der Waals surface area (Å²) in [5.74, 6) is -0.0691. The molecule has 2 saturated heterocycles. The highest BCUT2D eigenvalue weighted by atomic mass is 16.5. The van der Waals surface area contributed by atoms with Gasteiger partial charge < -0.3 is 19.0 Å². The highest BCUT2D eigenvalue weighted by Crippen LogP contribution is 2.52. The van der Waals surface area contributed by atoms with Gasteiger partial charge in [0.25, 0.3) is 0 Å². The van der Waals surface area contributed by atoms with Crippen LogP contribution < -0.4 is 0 Å². The SMILES string of the molecule is CCc1nnc(CN(CC)C(=O)[C@H]2[C@@H]3C=C[C@@]4(CN(CC(C)(C)C)C(=O)[C@H]24)O3)o1. The lowest BCUT2D eigenvalue weighted by Gasteiger charge is -2.29. The number of carbonyl (C=O) groups is 2. The Morgan fingerprint density at radius 1 is 1.31 bits per heavy atom. The number of aromatic nitrogens is 2. The molecule has 4 heterocycles. The number of likely N-dealkylation sites (tertiary alicyclic amines) is 1. The van der Waals surface area contributed by atoms with Crippen LogP contribution in [0.3, 0.4) is 0 Å². The number of aryl methyl sites for hydroxylation is 1. The van der Waals surface area contributed by atoms with Gasteiger partial charge in [0.2, 0.25) is 23.6 Å². The van der Waals surface area contributed by atoms with Gasteiger partial charge >= 0.3 is 0 Å². The zero-order valence-electron chi connectivity index (χ0n) is 17.8. The first-order valence-electron chi connectivity index (χ1n) is 10.4. The Hall–Kier alpha value is -2.22. The van der Waals surface area contributed by atoms with Crippen LogP contribution in [0, 0.1) is 17.3 Å². The van der Waals surface area contributed by atoms with E-state index < -0.39 is 17.4 Å². The van der Waals surface area contributed by atoms with E-state index in [9.17, 15) is 9.59 Å². The molecule has 4 rings (SSSR count). The van der Waals surface area contributed by atoms with Gasteiger partial charge in [-0.2, -0.15) is 0 Å². The van der Waals surface area contributed by atoms with Crippen molar-refractivity contribution in [2.24, 2.45) is 17.3 Å². The molecule has 0 radical (unpaired) electrons. The minimum absolute atomic E-state index is 0.0173. The molecule has 3 aliphatic rings. The van der Waals surface area contributed by atoms with Crippen molar-refractivity contribution < 1.29 is 18.7 Å². The van der Waals surface area contributed by atoms with Crippen LogP contribution in [0.5, 0.6) is 0 Å². The lowest BCUT2D eigenvalue weighted by atomic mass is 9.76. The Kier molecular flexibility index (Phi) is 4.80. The minimum atomic E-state index is -0.674. The molecule has 0 saturated carbocycles. The third-order valence-corrected chi connectivity index (χ3v) is 5.96. The summed E-state index contributed by atoms with van der Waals surface area (Å²) >= 11 is 0. The summed E-state index contributed by atoms with van der Waals surface area (Å²) in [5, 5.41) is 8.01. The Labute approximate surface area is 171 Å². The number of hydrogen-bond donors (Lipinski definition) is 0. The number of amides is 2. The van der Waals surface area contributed by atoms with Crippen molar-refractivity contribution >= 4 is 11.8 Å². The fourth-order valence-corrected chi connectivity index (χ4v) is 4.78. The molecule has 2 bridgehead atoms. The molecule has 1 aromatic rings. The fourth-order valence-electron chi connectivity index (χ4n) is 4.78. The van der Waals surface area contributed by atoms with Gasteiger partial charge in [0.05, 0.1) is 31.0 Å². The number of carbonyl (C=O) groups excluding carboxylic acids is 2. The van der Waals surface area contributed by atoms with Crippen molar-refractivity contribution in [2.75, 3.05) is 19.6 Å². The van der Waals surface area contributed by atoms with E-state index in [2.05, 4.69) is 31.0 Å². The first-order chi connectivity index (χ1) is 13.7. The molecular weight excluding hydrogens is 372 g/mol. The van der Waals surface area contributed by atoms with Crippen LogP contribution in [0.15, 0.2) is 16.6 Å². The van der Waals surface area contributed by atoms with Gasteiger partial charge in [0, 0.05) is 19.5 Å². The van der Waals surface area contributed by atoms with E-state index in [4.69, 9.17) is 9.15 Å². The second-order valence-corrected chi connectivity index (χ2v) is 9.45. The van der Waals surface area contributed by atoms with Crippen molar-refractivity contribution in [3.63, 3.8) is 0 Å². The van der Waals surface area contributed by atoms with Gasteiger partial charge in [-0.3, -0.25) is 9.59 Å². The monoisotopic (exact) mass is 402 g/mol. The van der Waals surface area contributed by atoms with Gasteiger partial charge in [0.15, 0.2) is 0 Å². The van der Waals surface area contributed by atoms with Crippen LogP contribution in [0.1, 0.15) is 46.4 Å². The topological polar surface area (TPSA) is 88.8 Å². The number of ether oxygens (including phenoxy) is 1. The molecule has 2 fully saturated rings. The summed E-state index contributed by atoms with van der Waals surface area (Å²) in [4.78, 5) is 30.3. The summed E-state index contributed by atoms with van der Waals surface area (Å²) < 4.78 is 11.8. The van der Waals surface area contributed by atoms with Gasteiger partial charge in [-0.1, -0.05) is 39.8 Å². The second-order valence-electron chi connectivity index (χ2n) is 9.45. The normalized spacial score (nSPS) is 30.3. The molecular formula is C21H30N4O4. The van der Waals surface area contributed by atoms with Crippen LogP contribution in [0.4, 0.5) is 0 Å². The summed E-state index contributed by atoms with van der Waals surface area (Å²) in [6.07, 6.45) is 4.24. The van der Waals surface area contributed by atoms with Crippen LogP contribution in [0.25, 0.3) is 0 Å². The molecule has 8 nitrogen and oxygen atoms in total. The van der Waals surface area contributed by atoms with Crippen LogP contribution in [0.2, 0.25) is 0 Å². The highest BCUT2D eigenvalue weighted by molar-refractivity contribution is 5.93. The molecule has 0 aliphatic carbocycles. The highest BCUT2D eigenvalue weighted by Gasteiger charge is 2.67. The van der Waals surface area contributed by atoms with Crippen molar-refractivity contribution in [3.05, 3.63) is 23.9 Å². The maximum atomic E-state index is 13.5. The zero-order valence-corrected chi connectivity index (χ0v) is 17.8. The smallest absolute Gasteiger partial charge is 0.235 e. The molecule has 4 atom stereocenters. The summed E-state index contributed by atoms with van der Waals surface area (Å²) in [6, 6.07) is 0. The second kappa shape index (κ2) is 6.93. The molecule has 1 spiro atoms. The van der Waals surface area contributed by atoms with Crippen molar-refractivity contribution in [2.45, 2.75) is 59.3 Å². The average Bonchev–Trinajstić information content (AvgIpc) is 3.39. The number of fused-ring (bicyclic) bond motifs is 1. The maximum absolute atomic E-state index is 13.5. The lowest BCUT2D eigenvalue weighted by molar-refractivity contribution is -0.144. The van der Waals surface area contributed by atoms with Gasteiger partial charge in [-0.15, -0.1) is 10.2 Å². The van der Waals surface area contributed by atoms with Crippen LogP contribution in [-0.4, -0.2) is 63.2 Å². The fraction of sp³-hybridized carbons (Fsp3) is 0.714. The number of rotatable bonds is 6. The zero-order chi connectivity index (χ0) is 21.0. The summed E-state index contributed by atoms with van der Waals surface area (Å²) in [7, 11) is 0. The van der Waals surface area contributed by atoms with E-state index >= 15 is 0 Å². The van der Waals surface area contributed by atoms with E-state index in [1.165, 1.54) is 0 Å². The molecule has 0 unspecified atom stereocenters. The van der Waals surface area contributed by atoms with E-state index in [1.54, 1.807) is 4.90 Å². The average molecular weight is 402 g/mol. The molecule has 29 heavy (non-hydrogen) atoms. The maximum Gasteiger partial charge on any atom is 0.235 e. The third-order valence-electron chi connectivity index (χ3n) is 5.96. The summed E-state index contributed by atoms with van der Waals surface area (Å²) in [5.41, 5.74) is -0.691. The van der Waals surface area contributed by atoms with Gasteiger partial charge in [0.1, 0.15) is 5.60 Å². The standard InChI is InChI=1S/C21H30N4O4/c1-6-14-22-23-15(28-14)10-24(7-2)18(26)16-13-8-9-21(29-13)12-25(11-20(3,4)5)19(27)17(16)21/h8-9,13,16-17H,6-7,10-12H2,1-5H3/t13-,16-,17-,21-/m0/s1. The quantitative estimate of drug-likeness (QED) is 0.674. The Balaban J connectivity index is 1.55. The van der Waals surface area contributed by atoms with Crippen LogP contribution >= 0.6 is 0 Å². The molecule has 0 N–H and O–H groups in total. The minimum Gasteiger partial charge on any atom is -0.423 e. The molecule has 8 heteroatoms. The third kappa shape index (κ3) is 3.37. The number of nitrogens with zero attached hydrogens (tertiary/aromatic N) is 4. The largest absolute Gasteiger partial charge is 0.423 e. The molecule has 1 aromatic heterocycles. The Morgan fingerprint density at radius 2 is 2.03 bits per heavy atom. The van der Waals surface area contributed by atoms with Crippen molar-refractivity contribution in [3.8, 4) is 0 Å². The van der Waals surface area contributed by atoms with Crippen molar-refractivity contribution in [1.82, 2.24) is 20.0 Å². The lowest BCUT2D eigenvalue weighted by Crippen LogP contribution is -2.46. The van der Waals surface area contributed by atoms with E-state index in [1.807, 2.05) is 30.9 Å². The van der Waals surface area contributed by atoms with Crippen LogP contribution in [-0.2, 0) is 27.3 Å². The molecule has 158 valence electrons. The van der Waals surface area contributed by atoms with E-state index in [0.717, 1.165) is 0 Å². The summed E-state index contributed by atoms with van der Waals surface area (Å²) in [6.45, 7) is 12.1. The van der Waals surface area contributed by atoms with E-state index in [-0.39, 0.29) is 29.9 Å². The van der Waals surface area contributed by atoms with Gasteiger partial charge in [-0.05, 0) is 12.3 Å². The Bertz CT molecular complexity index is 842. The molecule has 0 aromatic carbocycles. The molecule has 2 amide bonds. The van der Waals surface area contributed by atoms with Gasteiger partial charge in [-0.25, -0.2) is 0 Å². The molecule has 3 aliphatic heterocycles.